The van der Waals surface area contributed by atoms with Gasteiger partial charge >= 0.3 is 0 Å². The largest absolute Gasteiger partial charge is 0.337 e. The predicted molar refractivity (Wildman–Crippen MR) is 109 cm³/mol. The number of benzene rings is 2. The number of fused-ring (bicyclic) bond motifs is 1. The van der Waals surface area contributed by atoms with E-state index in [0.29, 0.717) is 6.04 Å². The lowest BCUT2D eigenvalue weighted by atomic mass is 9.93. The fourth-order valence-corrected chi connectivity index (χ4v) is 4.17. The summed E-state index contributed by atoms with van der Waals surface area (Å²) >= 11 is 0. The Labute approximate surface area is 160 Å². The first-order chi connectivity index (χ1) is 13.0. The SMILES string of the molecule is Cc1n[nH]c(C)c1-c1ccc(C(=O)N2CCC(N(C)C)C2)c2ccccc12. The number of rotatable bonds is 3. The molecular weight excluding hydrogens is 336 g/mol. The van der Waals surface area contributed by atoms with E-state index in [1.165, 1.54) is 0 Å². The number of hydrogen-bond donors (Lipinski definition) is 1. The van der Waals surface area contributed by atoms with Crippen molar-refractivity contribution >= 4 is 16.7 Å². The molecule has 4 rings (SSSR count). The number of carbonyl (C=O) groups excluding carboxylic acids is 1. The van der Waals surface area contributed by atoms with E-state index in [1.54, 1.807) is 0 Å². The van der Waals surface area contributed by atoms with Gasteiger partial charge in [0.1, 0.15) is 0 Å². The van der Waals surface area contributed by atoms with Gasteiger partial charge in [-0.2, -0.15) is 5.10 Å². The van der Waals surface area contributed by atoms with Gasteiger partial charge in [-0.25, -0.2) is 0 Å². The van der Waals surface area contributed by atoms with Crippen LogP contribution in [-0.4, -0.2) is 59.1 Å². The summed E-state index contributed by atoms with van der Waals surface area (Å²) in [6.45, 7) is 5.66. The normalized spacial score (nSPS) is 17.2. The van der Waals surface area contributed by atoms with Gasteiger partial charge in [-0.15, -0.1) is 0 Å². The zero-order valence-electron chi connectivity index (χ0n) is 16.4. The summed E-state index contributed by atoms with van der Waals surface area (Å²) in [6.07, 6.45) is 1.03. The third-order valence-electron chi connectivity index (χ3n) is 5.73. The Morgan fingerprint density at radius 1 is 1.15 bits per heavy atom. The van der Waals surface area contributed by atoms with E-state index in [0.717, 1.165) is 58.4 Å². The van der Waals surface area contributed by atoms with Gasteiger partial charge in [0.2, 0.25) is 0 Å². The molecule has 5 nitrogen and oxygen atoms in total. The minimum atomic E-state index is 0.128. The molecule has 1 saturated heterocycles. The summed E-state index contributed by atoms with van der Waals surface area (Å²) in [6, 6.07) is 12.7. The van der Waals surface area contributed by atoms with Crippen molar-refractivity contribution in [2.24, 2.45) is 0 Å². The van der Waals surface area contributed by atoms with Gasteiger partial charge in [-0.1, -0.05) is 30.3 Å². The lowest BCUT2D eigenvalue weighted by molar-refractivity contribution is 0.0785. The van der Waals surface area contributed by atoms with Crippen molar-refractivity contribution in [2.45, 2.75) is 26.3 Å². The Morgan fingerprint density at radius 2 is 1.89 bits per heavy atom. The molecule has 3 aromatic rings. The number of likely N-dealkylation sites (N-methyl/N-ethyl adjacent to an activating group) is 1. The maximum atomic E-state index is 13.2. The smallest absolute Gasteiger partial charge is 0.254 e. The summed E-state index contributed by atoms with van der Waals surface area (Å²) < 4.78 is 0. The van der Waals surface area contributed by atoms with E-state index in [-0.39, 0.29) is 5.91 Å². The number of nitrogens with one attached hydrogen (secondary N) is 1. The number of nitrogens with zero attached hydrogens (tertiary/aromatic N) is 3. The van der Waals surface area contributed by atoms with Crippen molar-refractivity contribution in [3.8, 4) is 11.1 Å². The number of carbonyl (C=O) groups is 1. The van der Waals surface area contributed by atoms with Crippen LogP contribution in [0.15, 0.2) is 36.4 Å². The van der Waals surface area contributed by atoms with Crippen LogP contribution in [0.2, 0.25) is 0 Å². The fraction of sp³-hybridized carbons (Fsp3) is 0.364. The molecule has 2 aromatic carbocycles. The summed E-state index contributed by atoms with van der Waals surface area (Å²) in [4.78, 5) is 17.4. The number of aromatic amines is 1. The molecule has 1 aliphatic heterocycles. The Kier molecular flexibility index (Phi) is 4.48. The van der Waals surface area contributed by atoms with Crippen molar-refractivity contribution < 1.29 is 4.79 Å². The van der Waals surface area contributed by atoms with Crippen molar-refractivity contribution in [2.75, 3.05) is 27.2 Å². The highest BCUT2D eigenvalue weighted by Crippen LogP contribution is 2.34. The van der Waals surface area contributed by atoms with E-state index < -0.39 is 0 Å². The maximum absolute atomic E-state index is 13.2. The van der Waals surface area contributed by atoms with Gasteiger partial charge in [0.25, 0.3) is 5.91 Å². The summed E-state index contributed by atoms with van der Waals surface area (Å²) in [5.41, 5.74) is 5.06. The van der Waals surface area contributed by atoms with Crippen molar-refractivity contribution in [3.05, 3.63) is 53.3 Å². The summed E-state index contributed by atoms with van der Waals surface area (Å²) in [5, 5.41) is 9.51. The van der Waals surface area contributed by atoms with E-state index in [2.05, 4.69) is 47.4 Å². The number of amides is 1. The molecule has 0 radical (unpaired) electrons. The molecule has 1 aliphatic rings. The molecule has 1 unspecified atom stereocenters. The molecule has 1 aromatic heterocycles. The molecule has 5 heteroatoms. The average molecular weight is 362 g/mol. The standard InChI is InChI=1S/C22H26N4O/c1-14-21(15(2)24-23-14)19-9-10-20(18-8-6-5-7-17(18)19)22(27)26-12-11-16(13-26)25(3)4/h5-10,16H,11-13H2,1-4H3,(H,23,24). The van der Waals surface area contributed by atoms with Crippen LogP contribution < -0.4 is 0 Å². The van der Waals surface area contributed by atoms with Crippen molar-refractivity contribution in [1.29, 1.82) is 0 Å². The van der Waals surface area contributed by atoms with E-state index >= 15 is 0 Å². The first-order valence-electron chi connectivity index (χ1n) is 9.46. The van der Waals surface area contributed by atoms with Crippen LogP contribution in [-0.2, 0) is 0 Å². The van der Waals surface area contributed by atoms with Crippen LogP contribution in [0.3, 0.4) is 0 Å². The molecule has 27 heavy (non-hydrogen) atoms. The average Bonchev–Trinajstić information content (AvgIpc) is 3.28. The Morgan fingerprint density at radius 3 is 2.52 bits per heavy atom. The maximum Gasteiger partial charge on any atom is 0.254 e. The van der Waals surface area contributed by atoms with Gasteiger partial charge in [-0.3, -0.25) is 9.89 Å². The highest BCUT2D eigenvalue weighted by molar-refractivity contribution is 6.11. The monoisotopic (exact) mass is 362 g/mol. The van der Waals surface area contributed by atoms with Crippen molar-refractivity contribution in [1.82, 2.24) is 20.0 Å². The molecule has 0 aliphatic carbocycles. The molecular formula is C22H26N4O. The molecule has 0 bridgehead atoms. The predicted octanol–water partition coefficient (Wildman–Crippen LogP) is 3.62. The zero-order chi connectivity index (χ0) is 19.1. The highest BCUT2D eigenvalue weighted by Gasteiger charge is 2.29. The second kappa shape index (κ2) is 6.82. The second-order valence-electron chi connectivity index (χ2n) is 7.67. The minimum absolute atomic E-state index is 0.128. The summed E-state index contributed by atoms with van der Waals surface area (Å²) in [7, 11) is 4.16. The van der Waals surface area contributed by atoms with Crippen LogP contribution >= 0.6 is 0 Å². The Balaban J connectivity index is 1.78. The van der Waals surface area contributed by atoms with Gasteiger partial charge in [-0.05, 0) is 56.8 Å². The van der Waals surface area contributed by atoms with Crippen LogP contribution in [0.5, 0.6) is 0 Å². The number of hydrogen-bond acceptors (Lipinski definition) is 3. The van der Waals surface area contributed by atoms with Crippen molar-refractivity contribution in [3.63, 3.8) is 0 Å². The molecule has 1 atom stereocenters. The van der Waals surface area contributed by atoms with E-state index in [9.17, 15) is 4.79 Å². The minimum Gasteiger partial charge on any atom is -0.337 e. The molecule has 2 heterocycles. The van der Waals surface area contributed by atoms with Crippen LogP contribution in [0.25, 0.3) is 21.9 Å². The van der Waals surface area contributed by atoms with Crippen LogP contribution in [0.1, 0.15) is 28.2 Å². The Hall–Kier alpha value is -2.66. The van der Waals surface area contributed by atoms with Crippen LogP contribution in [0.4, 0.5) is 0 Å². The quantitative estimate of drug-likeness (QED) is 0.774. The first kappa shape index (κ1) is 17.7. The molecule has 140 valence electrons. The molecule has 1 fully saturated rings. The lowest BCUT2D eigenvalue weighted by Crippen LogP contribution is -2.34. The van der Waals surface area contributed by atoms with E-state index in [4.69, 9.17) is 0 Å². The van der Waals surface area contributed by atoms with Gasteiger partial charge in [0.05, 0.1) is 5.69 Å². The fourth-order valence-electron chi connectivity index (χ4n) is 4.17. The molecule has 0 saturated carbocycles. The van der Waals surface area contributed by atoms with Gasteiger partial charge in [0.15, 0.2) is 0 Å². The van der Waals surface area contributed by atoms with Gasteiger partial charge in [0, 0.05) is 36.0 Å². The first-order valence-corrected chi connectivity index (χ1v) is 9.46. The molecule has 1 amide bonds. The number of likely N-dealkylation sites (tertiary alicyclic amines) is 1. The second-order valence-corrected chi connectivity index (χ2v) is 7.67. The highest BCUT2D eigenvalue weighted by atomic mass is 16.2. The Bertz CT molecular complexity index is 985. The number of aromatic nitrogens is 2. The van der Waals surface area contributed by atoms with Gasteiger partial charge < -0.3 is 9.80 Å². The number of H-pyrrole nitrogens is 1. The molecule has 0 spiro atoms. The third kappa shape index (κ3) is 3.02. The van der Waals surface area contributed by atoms with Crippen LogP contribution in [0, 0.1) is 13.8 Å². The summed E-state index contributed by atoms with van der Waals surface area (Å²) in [5.74, 6) is 0.128. The molecule has 1 N–H and O–H groups in total. The third-order valence-corrected chi connectivity index (χ3v) is 5.73. The zero-order valence-corrected chi connectivity index (χ0v) is 16.4. The topological polar surface area (TPSA) is 52.2 Å². The number of aryl methyl sites for hydroxylation is 2. The lowest BCUT2D eigenvalue weighted by Gasteiger charge is -2.21. The van der Waals surface area contributed by atoms with E-state index in [1.807, 2.05) is 36.9 Å².